The smallest absolute Gasteiger partial charge is 0.241 e. The van der Waals surface area contributed by atoms with Crippen molar-refractivity contribution in [3.05, 3.63) is 64.4 Å². The highest BCUT2D eigenvalue weighted by Crippen LogP contribution is 2.22. The summed E-state index contributed by atoms with van der Waals surface area (Å²) in [6, 6.07) is 11.7. The monoisotopic (exact) mass is 334 g/mol. The van der Waals surface area contributed by atoms with Crippen molar-refractivity contribution in [2.24, 2.45) is 0 Å². The molecule has 0 aliphatic heterocycles. The number of nitrogens with one attached hydrogen (secondary N) is 1. The second-order valence-corrected chi connectivity index (χ2v) is 6.10. The van der Waals surface area contributed by atoms with Crippen molar-refractivity contribution in [2.75, 3.05) is 12.4 Å². The molecule has 0 radical (unpaired) electrons. The van der Waals surface area contributed by atoms with Gasteiger partial charge in [-0.15, -0.1) is 0 Å². The largest absolute Gasteiger partial charge is 0.323 e. The Morgan fingerprint density at radius 3 is 2.52 bits per heavy atom. The zero-order valence-electron chi connectivity index (χ0n) is 13.4. The summed E-state index contributed by atoms with van der Waals surface area (Å²) in [6.45, 7) is 4.52. The van der Waals surface area contributed by atoms with Crippen LogP contribution in [0.2, 0.25) is 5.02 Å². The Morgan fingerprint density at radius 1 is 1.26 bits per heavy atom. The topological polar surface area (TPSA) is 32.3 Å². The molecule has 122 valence electrons. The third-order valence-electron chi connectivity index (χ3n) is 3.78. The molecular formula is C18H20ClFN2O. The van der Waals surface area contributed by atoms with E-state index >= 15 is 0 Å². The van der Waals surface area contributed by atoms with Gasteiger partial charge in [-0.1, -0.05) is 41.4 Å². The average molecular weight is 335 g/mol. The Labute approximate surface area is 141 Å². The molecule has 0 heterocycles. The number of benzene rings is 2. The van der Waals surface area contributed by atoms with Crippen LogP contribution in [0.15, 0.2) is 42.5 Å². The second-order valence-electron chi connectivity index (χ2n) is 5.69. The fourth-order valence-corrected chi connectivity index (χ4v) is 2.36. The second kappa shape index (κ2) is 7.57. The Balaban J connectivity index is 1.99. The molecule has 0 bridgehead atoms. The predicted molar refractivity (Wildman–Crippen MR) is 92.1 cm³/mol. The summed E-state index contributed by atoms with van der Waals surface area (Å²) < 4.78 is 13.0. The molecule has 3 nitrogen and oxygen atoms in total. The molecule has 0 aliphatic carbocycles. The molecule has 0 fully saturated rings. The van der Waals surface area contributed by atoms with Gasteiger partial charge in [0.1, 0.15) is 5.82 Å². The number of carbonyl (C=O) groups excluding carboxylic acids is 1. The Hall–Kier alpha value is -1.91. The molecule has 2 aromatic carbocycles. The van der Waals surface area contributed by atoms with Crippen molar-refractivity contribution in [1.82, 2.24) is 4.90 Å². The standard InChI is InChI=1S/C18H20ClFN2O/c1-12-4-6-14(7-5-12)11-22(3)13(2)18(23)21-17-9-8-15(20)10-16(17)19/h4-10,13H,11H2,1-3H3,(H,21,23)/t13-/m0/s1. The van der Waals surface area contributed by atoms with Crippen LogP contribution in [-0.4, -0.2) is 23.9 Å². The fraction of sp³-hybridized carbons (Fsp3) is 0.278. The fourth-order valence-electron chi connectivity index (χ4n) is 2.15. The van der Waals surface area contributed by atoms with Gasteiger partial charge in [0.15, 0.2) is 0 Å². The highest BCUT2D eigenvalue weighted by Gasteiger charge is 2.19. The molecular weight excluding hydrogens is 315 g/mol. The number of hydrogen-bond acceptors (Lipinski definition) is 2. The summed E-state index contributed by atoms with van der Waals surface area (Å²) in [5.41, 5.74) is 2.75. The number of nitrogens with zero attached hydrogens (tertiary/aromatic N) is 1. The van der Waals surface area contributed by atoms with Crippen LogP contribution in [0.1, 0.15) is 18.1 Å². The molecule has 0 saturated heterocycles. The number of aryl methyl sites for hydroxylation is 1. The molecule has 0 aliphatic rings. The number of anilines is 1. The summed E-state index contributed by atoms with van der Waals surface area (Å²) >= 11 is 5.93. The highest BCUT2D eigenvalue weighted by molar-refractivity contribution is 6.33. The van der Waals surface area contributed by atoms with Gasteiger partial charge >= 0.3 is 0 Å². The maximum atomic E-state index is 13.0. The summed E-state index contributed by atoms with van der Waals surface area (Å²) in [5.74, 6) is -0.620. The van der Waals surface area contributed by atoms with E-state index in [1.54, 1.807) is 0 Å². The number of likely N-dealkylation sites (N-methyl/N-ethyl adjacent to an activating group) is 1. The van der Waals surface area contributed by atoms with Crippen LogP contribution < -0.4 is 5.32 Å². The minimum Gasteiger partial charge on any atom is -0.323 e. The van der Waals surface area contributed by atoms with E-state index in [1.165, 1.54) is 23.8 Å². The lowest BCUT2D eigenvalue weighted by Crippen LogP contribution is -2.39. The predicted octanol–water partition coefficient (Wildman–Crippen LogP) is 4.25. The van der Waals surface area contributed by atoms with Crippen LogP contribution in [0.25, 0.3) is 0 Å². The first-order valence-corrected chi connectivity index (χ1v) is 7.76. The van der Waals surface area contributed by atoms with E-state index in [0.29, 0.717) is 12.2 Å². The third-order valence-corrected chi connectivity index (χ3v) is 4.09. The van der Waals surface area contributed by atoms with E-state index in [0.717, 1.165) is 5.56 Å². The Morgan fingerprint density at radius 2 is 1.91 bits per heavy atom. The van der Waals surface area contributed by atoms with Crippen LogP contribution in [0.4, 0.5) is 10.1 Å². The molecule has 1 amide bonds. The number of carbonyl (C=O) groups is 1. The van der Waals surface area contributed by atoms with E-state index in [1.807, 2.05) is 50.1 Å². The first-order valence-electron chi connectivity index (χ1n) is 7.38. The number of hydrogen-bond donors (Lipinski definition) is 1. The number of amides is 1. The Kier molecular flexibility index (Phi) is 5.74. The summed E-state index contributed by atoms with van der Waals surface area (Å²) in [7, 11) is 1.89. The third kappa shape index (κ3) is 4.78. The van der Waals surface area contributed by atoms with Crippen molar-refractivity contribution >= 4 is 23.2 Å². The van der Waals surface area contributed by atoms with Gasteiger partial charge in [0.25, 0.3) is 0 Å². The van der Waals surface area contributed by atoms with Crippen LogP contribution in [0, 0.1) is 12.7 Å². The van der Waals surface area contributed by atoms with Crippen LogP contribution in [-0.2, 0) is 11.3 Å². The highest BCUT2D eigenvalue weighted by atomic mass is 35.5. The summed E-state index contributed by atoms with van der Waals surface area (Å²) in [4.78, 5) is 14.3. The molecule has 5 heteroatoms. The van der Waals surface area contributed by atoms with E-state index in [2.05, 4.69) is 5.32 Å². The maximum absolute atomic E-state index is 13.0. The molecule has 2 rings (SSSR count). The normalized spacial score (nSPS) is 12.3. The SMILES string of the molecule is Cc1ccc(CN(C)[C@@H](C)C(=O)Nc2ccc(F)cc2Cl)cc1. The molecule has 1 N–H and O–H groups in total. The van der Waals surface area contributed by atoms with Gasteiger partial charge in [-0.25, -0.2) is 4.39 Å². The van der Waals surface area contributed by atoms with Gasteiger partial charge in [0.05, 0.1) is 16.8 Å². The molecule has 0 aromatic heterocycles. The molecule has 0 spiro atoms. The van der Waals surface area contributed by atoms with E-state index in [4.69, 9.17) is 11.6 Å². The van der Waals surface area contributed by atoms with Crippen LogP contribution in [0.3, 0.4) is 0 Å². The zero-order valence-corrected chi connectivity index (χ0v) is 14.2. The maximum Gasteiger partial charge on any atom is 0.241 e. The van der Waals surface area contributed by atoms with E-state index in [9.17, 15) is 9.18 Å². The van der Waals surface area contributed by atoms with Crippen molar-refractivity contribution in [2.45, 2.75) is 26.4 Å². The van der Waals surface area contributed by atoms with Gasteiger partial charge in [-0.3, -0.25) is 9.69 Å². The molecule has 2 aromatic rings. The quantitative estimate of drug-likeness (QED) is 0.886. The lowest BCUT2D eigenvalue weighted by atomic mass is 10.1. The lowest BCUT2D eigenvalue weighted by molar-refractivity contribution is -0.120. The van der Waals surface area contributed by atoms with Crippen molar-refractivity contribution in [3.63, 3.8) is 0 Å². The van der Waals surface area contributed by atoms with Gasteiger partial charge in [0.2, 0.25) is 5.91 Å². The lowest BCUT2D eigenvalue weighted by Gasteiger charge is -2.24. The van der Waals surface area contributed by atoms with Crippen molar-refractivity contribution < 1.29 is 9.18 Å². The van der Waals surface area contributed by atoms with Gasteiger partial charge in [0, 0.05) is 6.54 Å². The minimum absolute atomic E-state index is 0.187. The summed E-state index contributed by atoms with van der Waals surface area (Å²) in [6.07, 6.45) is 0. The van der Waals surface area contributed by atoms with E-state index in [-0.39, 0.29) is 17.0 Å². The first kappa shape index (κ1) is 17.4. The van der Waals surface area contributed by atoms with Crippen molar-refractivity contribution in [3.8, 4) is 0 Å². The van der Waals surface area contributed by atoms with E-state index < -0.39 is 5.82 Å². The zero-order chi connectivity index (χ0) is 17.0. The van der Waals surface area contributed by atoms with Gasteiger partial charge < -0.3 is 5.32 Å². The first-order chi connectivity index (χ1) is 10.9. The molecule has 0 saturated carbocycles. The van der Waals surface area contributed by atoms with Crippen LogP contribution >= 0.6 is 11.6 Å². The minimum atomic E-state index is -0.433. The van der Waals surface area contributed by atoms with Gasteiger partial charge in [-0.2, -0.15) is 0 Å². The molecule has 1 atom stereocenters. The average Bonchev–Trinajstić information content (AvgIpc) is 2.51. The Bertz CT molecular complexity index is 688. The number of halogens is 2. The van der Waals surface area contributed by atoms with Crippen molar-refractivity contribution in [1.29, 1.82) is 0 Å². The number of rotatable bonds is 5. The van der Waals surface area contributed by atoms with Gasteiger partial charge in [-0.05, 0) is 44.7 Å². The molecule has 23 heavy (non-hydrogen) atoms. The summed E-state index contributed by atoms with van der Waals surface area (Å²) in [5, 5.41) is 2.92. The molecule has 0 unspecified atom stereocenters. The van der Waals surface area contributed by atoms with Crippen LogP contribution in [0.5, 0.6) is 0 Å².